The Labute approximate surface area is 141 Å². The number of rotatable bonds is 7. The van der Waals surface area contributed by atoms with Crippen molar-refractivity contribution in [3.05, 3.63) is 29.5 Å². The molecule has 1 aliphatic rings. The van der Waals surface area contributed by atoms with Gasteiger partial charge in [-0.1, -0.05) is 0 Å². The number of piperidine rings is 1. The van der Waals surface area contributed by atoms with Crippen LogP contribution in [0.3, 0.4) is 0 Å². The van der Waals surface area contributed by atoms with E-state index in [1.807, 2.05) is 19.1 Å². The summed E-state index contributed by atoms with van der Waals surface area (Å²) in [5, 5.41) is 16.0. The van der Waals surface area contributed by atoms with Crippen LogP contribution in [0.1, 0.15) is 25.5 Å². The van der Waals surface area contributed by atoms with Gasteiger partial charge in [0.1, 0.15) is 0 Å². The van der Waals surface area contributed by atoms with Crippen molar-refractivity contribution in [3.63, 3.8) is 0 Å². The van der Waals surface area contributed by atoms with Crippen LogP contribution in [0.4, 0.5) is 0 Å². The number of nitrogens with one attached hydrogen (secondary N) is 1. The third-order valence-electron chi connectivity index (χ3n) is 4.25. The molecule has 2 aromatic rings. The zero-order chi connectivity index (χ0) is 16.1. The summed E-state index contributed by atoms with van der Waals surface area (Å²) in [6, 6.07) is 3.83. The van der Waals surface area contributed by atoms with E-state index < -0.39 is 0 Å². The average Bonchev–Trinajstić information content (AvgIpc) is 3.19. The third-order valence-corrected chi connectivity index (χ3v) is 5.16. The Hall–Kier alpha value is -1.21. The first kappa shape index (κ1) is 16.6. The molecule has 1 saturated heterocycles. The molecular formula is C17H25N3O2S. The maximum absolute atomic E-state index is 9.44. The zero-order valence-electron chi connectivity index (χ0n) is 13.6. The van der Waals surface area contributed by atoms with Crippen molar-refractivity contribution in [2.75, 3.05) is 26.2 Å². The lowest BCUT2D eigenvalue weighted by Crippen LogP contribution is -2.40. The predicted molar refractivity (Wildman–Crippen MR) is 92.4 cm³/mol. The maximum atomic E-state index is 9.44. The molecule has 3 heterocycles. The monoisotopic (exact) mass is 335 g/mol. The number of hydrogen-bond donors (Lipinski definition) is 2. The van der Waals surface area contributed by atoms with E-state index in [0.29, 0.717) is 0 Å². The highest BCUT2D eigenvalue weighted by molar-refractivity contribution is 7.13. The molecule has 2 N–H and O–H groups in total. The summed E-state index contributed by atoms with van der Waals surface area (Å²) >= 11 is 1.62. The van der Waals surface area contributed by atoms with E-state index >= 15 is 0 Å². The molecule has 6 heteroatoms. The summed E-state index contributed by atoms with van der Waals surface area (Å²) in [5.74, 6) is 1.56. The predicted octanol–water partition coefficient (Wildman–Crippen LogP) is 2.59. The highest BCUT2D eigenvalue weighted by atomic mass is 32.1. The number of aliphatic hydroxyl groups excluding tert-OH is 1. The van der Waals surface area contributed by atoms with E-state index in [1.54, 1.807) is 17.6 Å². The lowest BCUT2D eigenvalue weighted by molar-refractivity contribution is 0.0998. The van der Waals surface area contributed by atoms with E-state index in [9.17, 15) is 5.11 Å². The van der Waals surface area contributed by atoms with E-state index in [4.69, 9.17) is 4.42 Å². The second-order valence-electron chi connectivity index (χ2n) is 6.35. The molecule has 0 aromatic carbocycles. The Bertz CT molecular complexity index is 574. The van der Waals surface area contributed by atoms with Gasteiger partial charge in [-0.05, 0) is 57.5 Å². The second kappa shape index (κ2) is 8.06. The molecule has 2 aromatic heterocycles. The first-order valence-corrected chi connectivity index (χ1v) is 9.18. The summed E-state index contributed by atoms with van der Waals surface area (Å²) in [7, 11) is 0. The molecular weight excluding hydrogens is 310 g/mol. The van der Waals surface area contributed by atoms with Crippen LogP contribution in [-0.4, -0.2) is 47.3 Å². The Kier molecular flexibility index (Phi) is 5.83. The summed E-state index contributed by atoms with van der Waals surface area (Å²) < 4.78 is 5.38. The van der Waals surface area contributed by atoms with Gasteiger partial charge >= 0.3 is 0 Å². The van der Waals surface area contributed by atoms with Crippen molar-refractivity contribution in [2.24, 2.45) is 5.92 Å². The van der Waals surface area contributed by atoms with Gasteiger partial charge in [0.05, 0.1) is 18.1 Å². The molecule has 1 unspecified atom stereocenters. The summed E-state index contributed by atoms with van der Waals surface area (Å²) in [6.45, 7) is 6.70. The average molecular weight is 335 g/mol. The number of β-amino-alcohol motifs (C(OH)–C–C–N with tert-alkyl or cyclic N) is 1. The fraction of sp³-hybridized carbons (Fsp3) is 0.588. The van der Waals surface area contributed by atoms with E-state index in [2.05, 4.69) is 20.6 Å². The van der Waals surface area contributed by atoms with Gasteiger partial charge in [-0.3, -0.25) is 0 Å². The van der Waals surface area contributed by atoms with Crippen molar-refractivity contribution >= 4 is 11.3 Å². The number of aromatic nitrogens is 1. The van der Waals surface area contributed by atoms with Crippen LogP contribution in [0.5, 0.6) is 0 Å². The van der Waals surface area contributed by atoms with Crippen LogP contribution >= 0.6 is 11.3 Å². The van der Waals surface area contributed by atoms with E-state index in [-0.39, 0.29) is 6.10 Å². The van der Waals surface area contributed by atoms with E-state index in [1.165, 1.54) is 12.8 Å². The quantitative estimate of drug-likeness (QED) is 0.814. The highest BCUT2D eigenvalue weighted by Crippen LogP contribution is 2.24. The largest absolute Gasteiger partial charge is 0.462 e. The van der Waals surface area contributed by atoms with Crippen molar-refractivity contribution in [3.8, 4) is 10.8 Å². The molecule has 0 aliphatic carbocycles. The summed E-state index contributed by atoms with van der Waals surface area (Å²) in [4.78, 5) is 6.96. The molecule has 0 saturated carbocycles. The Morgan fingerprint density at radius 2 is 2.30 bits per heavy atom. The Morgan fingerprint density at radius 1 is 1.48 bits per heavy atom. The lowest BCUT2D eigenvalue weighted by atomic mass is 9.96. The molecule has 126 valence electrons. The minimum Gasteiger partial charge on any atom is -0.462 e. The molecule has 0 amide bonds. The van der Waals surface area contributed by atoms with Crippen LogP contribution < -0.4 is 5.32 Å². The number of thiazole rings is 1. The van der Waals surface area contributed by atoms with Crippen LogP contribution in [0.2, 0.25) is 0 Å². The van der Waals surface area contributed by atoms with Crippen LogP contribution in [-0.2, 0) is 6.54 Å². The standard InChI is InChI=1S/C17H25N3O2S/c1-13(21)11-20-6-4-14(5-7-20)9-18-10-15-12-23-17(19-15)16-3-2-8-22-16/h2-3,8,12-14,18,21H,4-7,9-11H2,1H3. The third kappa shape index (κ3) is 4.88. The minimum atomic E-state index is -0.224. The van der Waals surface area contributed by atoms with Gasteiger partial charge in [-0.2, -0.15) is 0 Å². The molecule has 1 fully saturated rings. The van der Waals surface area contributed by atoms with Gasteiger partial charge in [-0.15, -0.1) is 11.3 Å². The number of nitrogens with zero attached hydrogens (tertiary/aromatic N) is 2. The number of furan rings is 1. The smallest absolute Gasteiger partial charge is 0.162 e. The first-order chi connectivity index (χ1) is 11.2. The normalized spacial score (nSPS) is 18.3. The second-order valence-corrected chi connectivity index (χ2v) is 7.20. The van der Waals surface area contributed by atoms with Gasteiger partial charge in [0.15, 0.2) is 10.8 Å². The zero-order valence-corrected chi connectivity index (χ0v) is 14.4. The summed E-state index contributed by atoms with van der Waals surface area (Å²) in [6.07, 6.45) is 3.86. The number of hydrogen-bond acceptors (Lipinski definition) is 6. The van der Waals surface area contributed by atoms with Gasteiger partial charge in [0, 0.05) is 18.5 Å². The van der Waals surface area contributed by atoms with Crippen LogP contribution in [0.15, 0.2) is 28.2 Å². The van der Waals surface area contributed by atoms with Crippen LogP contribution in [0.25, 0.3) is 10.8 Å². The van der Waals surface area contributed by atoms with E-state index in [0.717, 1.165) is 55.1 Å². The Balaban J connectivity index is 1.37. The van der Waals surface area contributed by atoms with Crippen molar-refractivity contribution in [2.45, 2.75) is 32.4 Å². The highest BCUT2D eigenvalue weighted by Gasteiger charge is 2.19. The molecule has 3 rings (SSSR count). The molecule has 23 heavy (non-hydrogen) atoms. The van der Waals surface area contributed by atoms with Crippen molar-refractivity contribution < 1.29 is 9.52 Å². The van der Waals surface area contributed by atoms with Gasteiger partial charge < -0.3 is 19.7 Å². The van der Waals surface area contributed by atoms with Gasteiger partial charge in [0.2, 0.25) is 0 Å². The lowest BCUT2D eigenvalue weighted by Gasteiger charge is -2.32. The molecule has 0 spiro atoms. The number of likely N-dealkylation sites (tertiary alicyclic amines) is 1. The molecule has 0 radical (unpaired) electrons. The van der Waals surface area contributed by atoms with Gasteiger partial charge in [0.25, 0.3) is 0 Å². The minimum absolute atomic E-state index is 0.224. The first-order valence-electron chi connectivity index (χ1n) is 8.30. The maximum Gasteiger partial charge on any atom is 0.162 e. The SMILES string of the molecule is CC(O)CN1CCC(CNCc2csc(-c3ccco3)n2)CC1. The molecule has 5 nitrogen and oxygen atoms in total. The van der Waals surface area contributed by atoms with Gasteiger partial charge in [-0.25, -0.2) is 4.98 Å². The van der Waals surface area contributed by atoms with Crippen LogP contribution in [0, 0.1) is 5.92 Å². The molecule has 1 aliphatic heterocycles. The van der Waals surface area contributed by atoms with Crippen molar-refractivity contribution in [1.29, 1.82) is 0 Å². The fourth-order valence-electron chi connectivity index (χ4n) is 3.05. The summed E-state index contributed by atoms with van der Waals surface area (Å²) in [5.41, 5.74) is 1.08. The fourth-order valence-corrected chi connectivity index (χ4v) is 3.84. The Morgan fingerprint density at radius 3 is 3.00 bits per heavy atom. The molecule has 0 bridgehead atoms. The topological polar surface area (TPSA) is 61.5 Å². The molecule has 1 atom stereocenters. The number of aliphatic hydroxyl groups is 1. The van der Waals surface area contributed by atoms with Crippen molar-refractivity contribution in [1.82, 2.24) is 15.2 Å².